The first-order chi connectivity index (χ1) is 9.31. The van der Waals surface area contributed by atoms with Gasteiger partial charge in [-0.25, -0.2) is 0 Å². The van der Waals surface area contributed by atoms with Gasteiger partial charge >= 0.3 is 6.18 Å². The first kappa shape index (κ1) is 16.8. The Morgan fingerprint density at radius 3 is 2.15 bits per heavy atom. The number of aryl methyl sites for hydroxylation is 1. The smallest absolute Gasteiger partial charge is 0.378 e. The summed E-state index contributed by atoms with van der Waals surface area (Å²) in [6.07, 6.45) is -3.23. The highest BCUT2D eigenvalue weighted by Crippen LogP contribution is 2.29. The maximum Gasteiger partial charge on any atom is 0.389 e. The topological polar surface area (TPSA) is 29.3 Å². The van der Waals surface area contributed by atoms with Gasteiger partial charge in [-0.3, -0.25) is 0 Å². The van der Waals surface area contributed by atoms with E-state index in [1.165, 1.54) is 0 Å². The molecule has 0 aliphatic rings. The molecule has 0 amide bonds. The Balaban J connectivity index is 2.54. The maximum atomic E-state index is 12.5. The van der Waals surface area contributed by atoms with E-state index in [2.05, 4.69) is 0 Å². The Hall–Kier alpha value is -1.23. The van der Waals surface area contributed by atoms with Crippen molar-refractivity contribution in [2.75, 3.05) is 25.5 Å². The van der Waals surface area contributed by atoms with E-state index in [-0.39, 0.29) is 5.92 Å². The summed E-state index contributed by atoms with van der Waals surface area (Å²) in [5.74, 6) is -0.381. The van der Waals surface area contributed by atoms with Crippen LogP contribution in [0.1, 0.15) is 24.8 Å². The molecule has 0 fully saturated rings. The molecule has 114 valence electrons. The summed E-state index contributed by atoms with van der Waals surface area (Å²) >= 11 is 0. The van der Waals surface area contributed by atoms with Crippen molar-refractivity contribution in [3.05, 3.63) is 29.8 Å². The number of halogens is 3. The van der Waals surface area contributed by atoms with E-state index in [1.807, 2.05) is 43.3 Å². The first-order valence-electron chi connectivity index (χ1n) is 6.85. The fourth-order valence-electron chi connectivity index (χ4n) is 2.24. The largest absolute Gasteiger partial charge is 0.389 e. The van der Waals surface area contributed by atoms with Gasteiger partial charge in [-0.2, -0.15) is 13.2 Å². The van der Waals surface area contributed by atoms with Crippen molar-refractivity contribution < 1.29 is 13.2 Å². The maximum absolute atomic E-state index is 12.5. The van der Waals surface area contributed by atoms with E-state index >= 15 is 0 Å². The normalized spacial score (nSPS) is 13.3. The molecule has 1 atom stereocenters. The molecule has 1 unspecified atom stereocenters. The molecule has 0 spiro atoms. The van der Waals surface area contributed by atoms with Gasteiger partial charge in [0.1, 0.15) is 0 Å². The standard InChI is InChI=1S/C15H23F3N2/c1-20(2)14-7-5-12(6-8-14)3-4-13(9-10-19)11-15(16,17)18/h5-8,13H,3-4,9-11,19H2,1-2H3. The molecule has 1 rings (SSSR count). The highest BCUT2D eigenvalue weighted by Gasteiger charge is 2.31. The summed E-state index contributed by atoms with van der Waals surface area (Å²) in [6, 6.07) is 7.92. The van der Waals surface area contributed by atoms with E-state index in [9.17, 15) is 13.2 Å². The fourth-order valence-corrected chi connectivity index (χ4v) is 2.24. The molecule has 0 saturated heterocycles. The fraction of sp³-hybridized carbons (Fsp3) is 0.600. The zero-order chi connectivity index (χ0) is 15.2. The average Bonchev–Trinajstić information content (AvgIpc) is 2.35. The molecule has 1 aromatic carbocycles. The molecule has 1 aromatic rings. The van der Waals surface area contributed by atoms with Crippen LogP contribution in [0.5, 0.6) is 0 Å². The van der Waals surface area contributed by atoms with Gasteiger partial charge < -0.3 is 10.6 Å². The third kappa shape index (κ3) is 6.28. The molecule has 0 saturated carbocycles. The lowest BCUT2D eigenvalue weighted by Gasteiger charge is -2.18. The number of anilines is 1. The third-order valence-electron chi connectivity index (χ3n) is 3.39. The first-order valence-corrected chi connectivity index (χ1v) is 6.85. The number of rotatable bonds is 7. The molecule has 0 aromatic heterocycles. The van der Waals surface area contributed by atoms with Crippen LogP contribution in [0.3, 0.4) is 0 Å². The van der Waals surface area contributed by atoms with Crippen LogP contribution in [0.25, 0.3) is 0 Å². The quantitative estimate of drug-likeness (QED) is 0.830. The third-order valence-corrected chi connectivity index (χ3v) is 3.39. The van der Waals surface area contributed by atoms with Crippen LogP contribution in [0.15, 0.2) is 24.3 Å². The Bertz CT molecular complexity index is 385. The highest BCUT2D eigenvalue weighted by molar-refractivity contribution is 5.45. The molecule has 0 heterocycles. The van der Waals surface area contributed by atoms with Crippen LogP contribution in [0.4, 0.5) is 18.9 Å². The number of alkyl halides is 3. The lowest BCUT2D eigenvalue weighted by molar-refractivity contribution is -0.145. The zero-order valence-corrected chi connectivity index (χ0v) is 12.1. The number of hydrogen-bond acceptors (Lipinski definition) is 2. The van der Waals surface area contributed by atoms with Crippen molar-refractivity contribution >= 4 is 5.69 Å². The van der Waals surface area contributed by atoms with E-state index in [4.69, 9.17) is 5.73 Å². The minimum atomic E-state index is -4.10. The molecule has 0 aliphatic carbocycles. The van der Waals surface area contributed by atoms with Crippen LogP contribution < -0.4 is 10.6 Å². The molecule has 0 aliphatic heterocycles. The van der Waals surface area contributed by atoms with Crippen LogP contribution in [-0.4, -0.2) is 26.8 Å². The van der Waals surface area contributed by atoms with Gasteiger partial charge in [0, 0.05) is 26.2 Å². The summed E-state index contributed by atoms with van der Waals surface area (Å²) in [5, 5.41) is 0. The molecule has 5 heteroatoms. The SMILES string of the molecule is CN(C)c1ccc(CCC(CCN)CC(F)(F)F)cc1. The van der Waals surface area contributed by atoms with Gasteiger partial charge in [-0.1, -0.05) is 12.1 Å². The lowest BCUT2D eigenvalue weighted by Crippen LogP contribution is -2.18. The zero-order valence-electron chi connectivity index (χ0n) is 12.1. The molecular weight excluding hydrogens is 265 g/mol. The second-order valence-corrected chi connectivity index (χ2v) is 5.36. The van der Waals surface area contributed by atoms with Gasteiger partial charge in [0.25, 0.3) is 0 Å². The van der Waals surface area contributed by atoms with E-state index in [1.54, 1.807) is 0 Å². The minimum Gasteiger partial charge on any atom is -0.378 e. The second-order valence-electron chi connectivity index (χ2n) is 5.36. The van der Waals surface area contributed by atoms with Crippen molar-refractivity contribution in [1.29, 1.82) is 0 Å². The average molecular weight is 288 g/mol. The Labute approximate surface area is 118 Å². The predicted octanol–water partition coefficient (Wildman–Crippen LogP) is 3.60. The number of nitrogens with zero attached hydrogens (tertiary/aromatic N) is 1. The molecule has 2 nitrogen and oxygen atoms in total. The minimum absolute atomic E-state index is 0.306. The van der Waals surface area contributed by atoms with Gasteiger partial charge in [0.05, 0.1) is 0 Å². The van der Waals surface area contributed by atoms with Crippen molar-refractivity contribution in [2.45, 2.75) is 31.9 Å². The Morgan fingerprint density at radius 2 is 1.70 bits per heavy atom. The van der Waals surface area contributed by atoms with E-state index < -0.39 is 12.6 Å². The second kappa shape index (κ2) is 7.53. The summed E-state index contributed by atoms with van der Waals surface area (Å²) in [6.45, 7) is 0.306. The van der Waals surface area contributed by atoms with Gasteiger partial charge in [0.15, 0.2) is 0 Å². The summed E-state index contributed by atoms with van der Waals surface area (Å²) in [4.78, 5) is 1.99. The van der Waals surface area contributed by atoms with Crippen LogP contribution in [0, 0.1) is 5.92 Å². The van der Waals surface area contributed by atoms with Gasteiger partial charge in [-0.15, -0.1) is 0 Å². The van der Waals surface area contributed by atoms with Crippen molar-refractivity contribution in [3.63, 3.8) is 0 Å². The van der Waals surface area contributed by atoms with Crippen LogP contribution in [0.2, 0.25) is 0 Å². The molecule has 0 bridgehead atoms. The van der Waals surface area contributed by atoms with Gasteiger partial charge in [-0.05, 0) is 49.4 Å². The lowest BCUT2D eigenvalue weighted by atomic mass is 9.93. The molecule has 0 radical (unpaired) electrons. The summed E-state index contributed by atoms with van der Waals surface area (Å²) in [7, 11) is 3.91. The van der Waals surface area contributed by atoms with Crippen molar-refractivity contribution in [3.8, 4) is 0 Å². The molecule has 2 N–H and O–H groups in total. The van der Waals surface area contributed by atoms with E-state index in [0.717, 1.165) is 11.3 Å². The summed E-state index contributed by atoms with van der Waals surface area (Å²) in [5.41, 5.74) is 7.55. The van der Waals surface area contributed by atoms with E-state index in [0.29, 0.717) is 25.8 Å². The van der Waals surface area contributed by atoms with Crippen molar-refractivity contribution in [2.24, 2.45) is 11.7 Å². The Kier molecular flexibility index (Phi) is 6.33. The Morgan fingerprint density at radius 1 is 1.10 bits per heavy atom. The predicted molar refractivity (Wildman–Crippen MR) is 76.9 cm³/mol. The number of hydrogen-bond donors (Lipinski definition) is 1. The summed E-state index contributed by atoms with van der Waals surface area (Å²) < 4.78 is 37.4. The number of benzene rings is 1. The van der Waals surface area contributed by atoms with Crippen LogP contribution in [-0.2, 0) is 6.42 Å². The van der Waals surface area contributed by atoms with Crippen molar-refractivity contribution in [1.82, 2.24) is 0 Å². The molecular formula is C15H23F3N2. The monoisotopic (exact) mass is 288 g/mol. The molecule has 20 heavy (non-hydrogen) atoms. The van der Waals surface area contributed by atoms with Crippen LogP contribution >= 0.6 is 0 Å². The highest BCUT2D eigenvalue weighted by atomic mass is 19.4. The van der Waals surface area contributed by atoms with Gasteiger partial charge in [0.2, 0.25) is 0 Å². The number of nitrogens with two attached hydrogens (primary N) is 1.